The molecule has 0 aliphatic heterocycles. The van der Waals surface area contributed by atoms with Crippen molar-refractivity contribution < 1.29 is 0 Å². The molecule has 0 aromatic rings. The summed E-state index contributed by atoms with van der Waals surface area (Å²) in [5.74, 6) is 0. The summed E-state index contributed by atoms with van der Waals surface area (Å²) in [6.45, 7) is 4.03. The molecular weight excluding hydrogens is 143 g/mol. The number of halogens is 2. The molecule has 0 rings (SSSR count). The predicted octanol–water partition coefficient (Wildman–Crippen LogP) is 3.02. The highest BCUT2D eigenvalue weighted by Gasteiger charge is 2.04. The first-order chi connectivity index (χ1) is 3.66. The van der Waals surface area contributed by atoms with Gasteiger partial charge in [0.25, 0.3) is 0 Å². The van der Waals surface area contributed by atoms with E-state index in [1.165, 1.54) is 0 Å². The number of alkyl halides is 2. The summed E-state index contributed by atoms with van der Waals surface area (Å²) < 4.78 is 0. The van der Waals surface area contributed by atoms with Crippen molar-refractivity contribution in [1.82, 2.24) is 0 Å². The Balaban J connectivity index is 3.10. The summed E-state index contributed by atoms with van der Waals surface area (Å²) >= 11 is 11.4. The monoisotopic (exact) mass is 154 g/mol. The number of hydrogen-bond acceptors (Lipinski definition) is 0. The smallest absolute Gasteiger partial charge is 0.0347 e. The van der Waals surface area contributed by atoms with Crippen molar-refractivity contribution in [3.8, 4) is 0 Å². The lowest BCUT2D eigenvalue weighted by Gasteiger charge is -2.05. The second-order valence-electron chi connectivity index (χ2n) is 2.02. The number of rotatable bonds is 3. The normalized spacial score (nSPS) is 18.0. The Bertz CT molecular complexity index is 52.5. The van der Waals surface area contributed by atoms with Gasteiger partial charge in [-0.25, -0.2) is 0 Å². The van der Waals surface area contributed by atoms with Crippen molar-refractivity contribution in [2.24, 2.45) is 0 Å². The molecule has 0 saturated carbocycles. The van der Waals surface area contributed by atoms with E-state index < -0.39 is 0 Å². The molecule has 0 nitrogen and oxygen atoms in total. The third-order valence-electron chi connectivity index (χ3n) is 1.02. The van der Waals surface area contributed by atoms with E-state index in [9.17, 15) is 0 Å². The topological polar surface area (TPSA) is 0 Å². The summed E-state index contributed by atoms with van der Waals surface area (Å²) in [5.41, 5.74) is 0. The molecule has 0 radical (unpaired) electrons. The van der Waals surface area contributed by atoms with Crippen LogP contribution in [0.15, 0.2) is 0 Å². The van der Waals surface area contributed by atoms with E-state index in [2.05, 4.69) is 6.92 Å². The van der Waals surface area contributed by atoms with Crippen LogP contribution in [0.4, 0.5) is 0 Å². The Morgan fingerprint density at radius 3 is 2.00 bits per heavy atom. The van der Waals surface area contributed by atoms with Crippen LogP contribution >= 0.6 is 23.2 Å². The molecule has 0 aromatic heterocycles. The molecule has 0 aromatic carbocycles. The predicted molar refractivity (Wildman–Crippen MR) is 39.9 cm³/mol. The van der Waals surface area contributed by atoms with Crippen LogP contribution in [0, 0.1) is 0 Å². The maximum Gasteiger partial charge on any atom is 0.0347 e. The average molecular weight is 155 g/mol. The fourth-order valence-corrected chi connectivity index (χ4v) is 1.09. The summed E-state index contributed by atoms with van der Waals surface area (Å²) in [5, 5.41) is 0.486. The van der Waals surface area contributed by atoms with Crippen LogP contribution in [-0.2, 0) is 0 Å². The van der Waals surface area contributed by atoms with Gasteiger partial charge in [-0.15, -0.1) is 23.2 Å². The van der Waals surface area contributed by atoms with Gasteiger partial charge in [0.05, 0.1) is 0 Å². The zero-order valence-electron chi connectivity index (χ0n) is 5.32. The molecule has 0 saturated heterocycles. The van der Waals surface area contributed by atoms with Crippen molar-refractivity contribution in [2.45, 2.75) is 37.4 Å². The zero-order chi connectivity index (χ0) is 6.57. The Labute approximate surface area is 61.2 Å². The standard InChI is InChI=1S/C6H12Cl2/c1-3-6(8)4-5(2)7/h5-6H,3-4H2,1-2H3/t5-,6+/m0/s1. The van der Waals surface area contributed by atoms with Crippen LogP contribution in [0.3, 0.4) is 0 Å². The summed E-state index contributed by atoms with van der Waals surface area (Å²) in [7, 11) is 0. The van der Waals surface area contributed by atoms with Crippen LogP contribution in [0.5, 0.6) is 0 Å². The Morgan fingerprint density at radius 1 is 1.38 bits per heavy atom. The SMILES string of the molecule is CC[C@@H](Cl)C[C@H](C)Cl. The minimum atomic E-state index is 0.220. The first-order valence-electron chi connectivity index (χ1n) is 2.95. The molecule has 0 amide bonds. The van der Waals surface area contributed by atoms with Gasteiger partial charge in [-0.2, -0.15) is 0 Å². The van der Waals surface area contributed by atoms with Gasteiger partial charge in [-0.1, -0.05) is 6.92 Å². The highest BCUT2D eigenvalue weighted by Crippen LogP contribution is 2.12. The van der Waals surface area contributed by atoms with Crippen LogP contribution in [-0.4, -0.2) is 10.8 Å². The van der Waals surface area contributed by atoms with Gasteiger partial charge < -0.3 is 0 Å². The molecule has 0 N–H and O–H groups in total. The maximum absolute atomic E-state index is 5.78. The minimum Gasteiger partial charge on any atom is -0.123 e. The first-order valence-corrected chi connectivity index (χ1v) is 3.82. The average Bonchev–Trinajstić information content (AvgIpc) is 1.65. The van der Waals surface area contributed by atoms with Gasteiger partial charge in [-0.3, -0.25) is 0 Å². The highest BCUT2D eigenvalue weighted by atomic mass is 35.5. The molecule has 0 bridgehead atoms. The quantitative estimate of drug-likeness (QED) is 0.549. The van der Waals surface area contributed by atoms with Crippen molar-refractivity contribution in [2.75, 3.05) is 0 Å². The molecule has 0 aliphatic carbocycles. The van der Waals surface area contributed by atoms with Crippen molar-refractivity contribution in [1.29, 1.82) is 0 Å². The first kappa shape index (κ1) is 8.58. The fourth-order valence-electron chi connectivity index (χ4n) is 0.519. The fraction of sp³-hybridized carbons (Fsp3) is 1.00. The van der Waals surface area contributed by atoms with E-state index in [0.717, 1.165) is 12.8 Å². The van der Waals surface area contributed by atoms with Gasteiger partial charge in [0.1, 0.15) is 0 Å². The molecule has 0 unspecified atom stereocenters. The molecule has 2 atom stereocenters. The van der Waals surface area contributed by atoms with E-state index in [0.29, 0.717) is 0 Å². The largest absolute Gasteiger partial charge is 0.123 e. The van der Waals surface area contributed by atoms with E-state index in [1.54, 1.807) is 0 Å². The summed E-state index contributed by atoms with van der Waals surface area (Å²) in [6, 6.07) is 0. The molecule has 0 spiro atoms. The third-order valence-corrected chi connectivity index (χ3v) is 1.69. The summed E-state index contributed by atoms with van der Waals surface area (Å²) in [6.07, 6.45) is 1.93. The van der Waals surface area contributed by atoms with E-state index in [4.69, 9.17) is 23.2 Å². The lowest BCUT2D eigenvalue weighted by Crippen LogP contribution is -2.02. The van der Waals surface area contributed by atoms with E-state index in [1.807, 2.05) is 6.92 Å². The van der Waals surface area contributed by atoms with Crippen molar-refractivity contribution >= 4 is 23.2 Å². The lowest BCUT2D eigenvalue weighted by atomic mass is 10.2. The van der Waals surface area contributed by atoms with E-state index in [-0.39, 0.29) is 10.8 Å². The van der Waals surface area contributed by atoms with Crippen molar-refractivity contribution in [3.63, 3.8) is 0 Å². The molecule has 0 heterocycles. The zero-order valence-corrected chi connectivity index (χ0v) is 6.84. The number of hydrogen-bond donors (Lipinski definition) is 0. The Kier molecular flexibility index (Phi) is 4.78. The second-order valence-corrected chi connectivity index (χ2v) is 3.38. The lowest BCUT2D eigenvalue weighted by molar-refractivity contribution is 0.717. The third kappa shape index (κ3) is 4.73. The molecule has 0 aliphatic rings. The van der Waals surface area contributed by atoms with Crippen LogP contribution in [0.2, 0.25) is 0 Å². The minimum absolute atomic E-state index is 0.220. The van der Waals surface area contributed by atoms with E-state index >= 15 is 0 Å². The van der Waals surface area contributed by atoms with Gasteiger partial charge >= 0.3 is 0 Å². The van der Waals surface area contributed by atoms with Gasteiger partial charge in [-0.05, 0) is 19.8 Å². The van der Waals surface area contributed by atoms with Crippen LogP contribution in [0.1, 0.15) is 26.7 Å². The summed E-state index contributed by atoms with van der Waals surface area (Å²) in [4.78, 5) is 0. The second kappa shape index (κ2) is 4.46. The highest BCUT2D eigenvalue weighted by molar-refractivity contribution is 6.23. The van der Waals surface area contributed by atoms with Gasteiger partial charge in [0.2, 0.25) is 0 Å². The molecule has 0 fully saturated rings. The van der Waals surface area contributed by atoms with Crippen molar-refractivity contribution in [3.05, 3.63) is 0 Å². The molecule has 2 heteroatoms. The maximum atomic E-state index is 5.78. The van der Waals surface area contributed by atoms with Gasteiger partial charge in [0.15, 0.2) is 0 Å². The molecule has 50 valence electrons. The molecule has 8 heavy (non-hydrogen) atoms. The van der Waals surface area contributed by atoms with Gasteiger partial charge in [0, 0.05) is 10.8 Å². The Morgan fingerprint density at radius 2 is 1.88 bits per heavy atom. The van der Waals surface area contributed by atoms with Crippen LogP contribution in [0.25, 0.3) is 0 Å². The molecular formula is C6H12Cl2. The van der Waals surface area contributed by atoms with Crippen LogP contribution < -0.4 is 0 Å². The Hall–Kier alpha value is 0.580.